The first-order valence-corrected chi connectivity index (χ1v) is 10.8. The van der Waals surface area contributed by atoms with Crippen molar-refractivity contribution in [2.75, 3.05) is 0 Å². The number of aliphatic hydroxyl groups is 1. The Hall–Kier alpha value is -0.853. The summed E-state index contributed by atoms with van der Waals surface area (Å²) in [4.78, 5) is 0. The van der Waals surface area contributed by atoms with Crippen LogP contribution in [0.3, 0.4) is 0 Å². The summed E-state index contributed by atoms with van der Waals surface area (Å²) in [6, 6.07) is 4.77. The summed E-state index contributed by atoms with van der Waals surface area (Å²) in [7, 11) is -2.00. The smallest absolute Gasteiger partial charge is 0.410 e. The molecule has 1 unspecified atom stereocenters. The Morgan fingerprint density at radius 3 is 2.35 bits per heavy atom. The van der Waals surface area contributed by atoms with Gasteiger partial charge in [-0.15, -0.1) is 0 Å². The molecule has 6 heteroatoms. The predicted octanol–water partition coefficient (Wildman–Crippen LogP) is 5.29. The maximum absolute atomic E-state index is 12.9. The predicted molar refractivity (Wildman–Crippen MR) is 86.8 cm³/mol. The second kappa shape index (κ2) is 5.90. The number of benzene rings is 1. The standard InChI is InChI=1S/C17H25F3O2Si/c1-16(2,3)23(4,5)22-14-10-9-11-12(14)7-6-8-13(11)15(21)17(18,19)20/h6-8,14-15,21H,9-10H2,1-5H3/t14-,15?/m0/s1. The van der Waals surface area contributed by atoms with Crippen molar-refractivity contribution in [1.29, 1.82) is 0 Å². The van der Waals surface area contributed by atoms with Gasteiger partial charge in [0.25, 0.3) is 0 Å². The quantitative estimate of drug-likeness (QED) is 0.753. The van der Waals surface area contributed by atoms with Crippen LogP contribution in [-0.4, -0.2) is 19.6 Å². The summed E-state index contributed by atoms with van der Waals surface area (Å²) in [6.45, 7) is 10.7. The van der Waals surface area contributed by atoms with E-state index in [2.05, 4.69) is 33.9 Å². The minimum absolute atomic E-state index is 0.0312. The molecule has 1 aliphatic rings. The molecule has 0 fully saturated rings. The highest BCUT2D eigenvalue weighted by Crippen LogP contribution is 2.46. The minimum atomic E-state index is -4.65. The lowest BCUT2D eigenvalue weighted by atomic mass is 9.98. The molecule has 0 saturated heterocycles. The monoisotopic (exact) mass is 346 g/mol. The molecule has 1 aromatic rings. The number of halogens is 3. The van der Waals surface area contributed by atoms with Crippen molar-refractivity contribution in [3.05, 3.63) is 34.9 Å². The zero-order valence-corrected chi connectivity index (χ0v) is 15.3. The average Bonchev–Trinajstić information content (AvgIpc) is 2.78. The molecule has 23 heavy (non-hydrogen) atoms. The van der Waals surface area contributed by atoms with Gasteiger partial charge in [-0.25, -0.2) is 0 Å². The first-order chi connectivity index (χ1) is 10.3. The molecule has 0 aromatic heterocycles. The van der Waals surface area contributed by atoms with Crippen LogP contribution in [0.1, 0.15) is 56.1 Å². The fraction of sp³-hybridized carbons (Fsp3) is 0.647. The van der Waals surface area contributed by atoms with Crippen LogP contribution in [0, 0.1) is 0 Å². The van der Waals surface area contributed by atoms with E-state index < -0.39 is 20.6 Å². The lowest BCUT2D eigenvalue weighted by molar-refractivity contribution is -0.207. The van der Waals surface area contributed by atoms with E-state index in [-0.39, 0.29) is 16.7 Å². The molecule has 0 bridgehead atoms. The zero-order chi connectivity index (χ0) is 17.6. The van der Waals surface area contributed by atoms with Crippen LogP contribution in [-0.2, 0) is 10.8 Å². The van der Waals surface area contributed by atoms with E-state index in [0.29, 0.717) is 18.4 Å². The molecule has 1 aromatic carbocycles. The van der Waals surface area contributed by atoms with E-state index in [1.54, 1.807) is 6.07 Å². The Bertz CT molecular complexity index is 576. The van der Waals surface area contributed by atoms with Crippen LogP contribution in [0.25, 0.3) is 0 Å². The SMILES string of the molecule is CC(C)(C)[Si](C)(C)O[C@H]1CCc2c(C(O)C(F)(F)F)cccc21. The largest absolute Gasteiger partial charge is 0.418 e. The Labute approximate surface area is 136 Å². The first kappa shape index (κ1) is 18.5. The molecule has 0 aliphatic heterocycles. The highest BCUT2D eigenvalue weighted by molar-refractivity contribution is 6.74. The van der Waals surface area contributed by atoms with E-state index in [1.807, 2.05) is 6.07 Å². The van der Waals surface area contributed by atoms with Gasteiger partial charge in [-0.05, 0) is 47.7 Å². The van der Waals surface area contributed by atoms with Crippen molar-refractivity contribution in [2.24, 2.45) is 0 Å². The number of rotatable bonds is 3. The zero-order valence-electron chi connectivity index (χ0n) is 14.3. The summed E-state index contributed by atoms with van der Waals surface area (Å²) >= 11 is 0. The topological polar surface area (TPSA) is 29.5 Å². The fourth-order valence-corrected chi connectivity index (χ4v) is 4.04. The number of fused-ring (bicyclic) bond motifs is 1. The van der Waals surface area contributed by atoms with E-state index >= 15 is 0 Å². The van der Waals surface area contributed by atoms with Crippen molar-refractivity contribution in [3.63, 3.8) is 0 Å². The van der Waals surface area contributed by atoms with Crippen LogP contribution < -0.4 is 0 Å². The summed E-state index contributed by atoms with van der Waals surface area (Å²) in [6.07, 6.45) is -6.06. The summed E-state index contributed by atoms with van der Waals surface area (Å²) < 4.78 is 44.9. The van der Waals surface area contributed by atoms with Gasteiger partial charge >= 0.3 is 6.18 Å². The lowest BCUT2D eigenvalue weighted by Crippen LogP contribution is -2.41. The highest BCUT2D eigenvalue weighted by atomic mass is 28.4. The normalized spacial score (nSPS) is 20.5. The maximum Gasteiger partial charge on any atom is 0.418 e. The van der Waals surface area contributed by atoms with Crippen molar-refractivity contribution in [3.8, 4) is 0 Å². The van der Waals surface area contributed by atoms with Crippen molar-refractivity contribution in [1.82, 2.24) is 0 Å². The summed E-state index contributed by atoms with van der Waals surface area (Å²) in [5.74, 6) is 0. The van der Waals surface area contributed by atoms with Gasteiger partial charge in [0.1, 0.15) is 0 Å². The van der Waals surface area contributed by atoms with Gasteiger partial charge in [-0.2, -0.15) is 13.2 Å². The van der Waals surface area contributed by atoms with Gasteiger partial charge in [0.2, 0.25) is 0 Å². The van der Waals surface area contributed by atoms with Gasteiger partial charge in [-0.3, -0.25) is 0 Å². The van der Waals surface area contributed by atoms with Crippen LogP contribution in [0.4, 0.5) is 13.2 Å². The maximum atomic E-state index is 12.9. The molecule has 1 aliphatic carbocycles. The van der Waals surface area contributed by atoms with Gasteiger partial charge < -0.3 is 9.53 Å². The van der Waals surface area contributed by atoms with E-state index in [4.69, 9.17) is 4.43 Å². The molecule has 2 rings (SSSR count). The molecule has 0 saturated carbocycles. The van der Waals surface area contributed by atoms with Crippen molar-refractivity contribution in [2.45, 2.75) is 70.1 Å². The Kier molecular flexibility index (Phi) is 4.74. The van der Waals surface area contributed by atoms with E-state index in [1.165, 1.54) is 6.07 Å². The second-order valence-electron chi connectivity index (χ2n) is 7.76. The van der Waals surface area contributed by atoms with Crippen LogP contribution in [0.15, 0.2) is 18.2 Å². The summed E-state index contributed by atoms with van der Waals surface area (Å²) in [5, 5.41) is 9.65. The molecule has 130 valence electrons. The molecular formula is C17H25F3O2Si. The van der Waals surface area contributed by atoms with E-state index in [9.17, 15) is 18.3 Å². The molecule has 2 nitrogen and oxygen atoms in total. The first-order valence-electron chi connectivity index (χ1n) is 7.89. The van der Waals surface area contributed by atoms with Gasteiger partial charge in [0.15, 0.2) is 14.4 Å². The molecule has 1 N–H and O–H groups in total. The lowest BCUT2D eigenvalue weighted by Gasteiger charge is -2.38. The number of alkyl halides is 3. The van der Waals surface area contributed by atoms with Gasteiger partial charge in [0.05, 0.1) is 6.10 Å². The van der Waals surface area contributed by atoms with Crippen LogP contribution in [0.2, 0.25) is 18.1 Å². The number of hydrogen-bond donors (Lipinski definition) is 1. The van der Waals surface area contributed by atoms with Crippen LogP contribution >= 0.6 is 0 Å². The second-order valence-corrected chi connectivity index (χ2v) is 12.5. The molecule has 0 radical (unpaired) electrons. The molecule has 2 atom stereocenters. The molecule has 0 amide bonds. The fourth-order valence-electron chi connectivity index (χ4n) is 2.73. The van der Waals surface area contributed by atoms with Gasteiger partial charge in [-0.1, -0.05) is 39.0 Å². The van der Waals surface area contributed by atoms with Crippen LogP contribution in [0.5, 0.6) is 0 Å². The minimum Gasteiger partial charge on any atom is -0.410 e. The van der Waals surface area contributed by atoms with E-state index in [0.717, 1.165) is 5.56 Å². The number of hydrogen-bond acceptors (Lipinski definition) is 2. The molecule has 0 heterocycles. The van der Waals surface area contributed by atoms with Gasteiger partial charge in [0, 0.05) is 0 Å². The number of aliphatic hydroxyl groups excluding tert-OH is 1. The third kappa shape index (κ3) is 3.64. The molecular weight excluding hydrogens is 321 g/mol. The third-order valence-corrected chi connectivity index (χ3v) is 9.59. The van der Waals surface area contributed by atoms with Crippen molar-refractivity contribution >= 4 is 8.32 Å². The Balaban J connectivity index is 2.32. The van der Waals surface area contributed by atoms with Crippen molar-refractivity contribution < 1.29 is 22.7 Å². The Morgan fingerprint density at radius 2 is 1.83 bits per heavy atom. The highest BCUT2D eigenvalue weighted by Gasteiger charge is 2.44. The third-order valence-electron chi connectivity index (χ3n) is 5.10. The molecule has 0 spiro atoms. The summed E-state index contributed by atoms with van der Waals surface area (Å²) in [5.41, 5.74) is 1.37. The Morgan fingerprint density at radius 1 is 1.22 bits per heavy atom. The average molecular weight is 346 g/mol.